The quantitative estimate of drug-likeness (QED) is 0.534. The molecule has 0 aromatic heterocycles. The highest BCUT2D eigenvalue weighted by Crippen LogP contribution is 2.26. The summed E-state index contributed by atoms with van der Waals surface area (Å²) in [5, 5.41) is 30.3. The molecule has 25 heavy (non-hydrogen) atoms. The molecule has 2 aromatic rings. The lowest BCUT2D eigenvalue weighted by Gasteiger charge is -2.17. The lowest BCUT2D eigenvalue weighted by atomic mass is 9.94. The van der Waals surface area contributed by atoms with Gasteiger partial charge in [0.1, 0.15) is 6.61 Å². The molecule has 2 aromatic carbocycles. The Kier molecular flexibility index (Phi) is 6.47. The standard InChI is InChI=1S/C18H19NO6/c20-15(12-25-17-9-5-4-8-16(17)19(23)24)11-14(18(21)22)10-13-6-2-1-3-7-13/h1-9,14-15,20H,10-12H2,(H,21,22). The van der Waals surface area contributed by atoms with Gasteiger partial charge in [0.2, 0.25) is 0 Å². The molecule has 0 aliphatic heterocycles. The molecule has 132 valence electrons. The van der Waals surface area contributed by atoms with Crippen LogP contribution in [0.1, 0.15) is 12.0 Å². The van der Waals surface area contributed by atoms with Gasteiger partial charge in [0.25, 0.3) is 0 Å². The first-order valence-electron chi connectivity index (χ1n) is 7.78. The second-order valence-electron chi connectivity index (χ2n) is 5.65. The molecule has 7 nitrogen and oxygen atoms in total. The number of hydrogen-bond donors (Lipinski definition) is 2. The number of benzene rings is 2. The third-order valence-electron chi connectivity index (χ3n) is 3.72. The van der Waals surface area contributed by atoms with Crippen LogP contribution in [0.2, 0.25) is 0 Å². The zero-order chi connectivity index (χ0) is 18.2. The van der Waals surface area contributed by atoms with Crippen molar-refractivity contribution < 1.29 is 24.7 Å². The number of ether oxygens (including phenoxy) is 1. The third-order valence-corrected chi connectivity index (χ3v) is 3.72. The Morgan fingerprint density at radius 1 is 1.12 bits per heavy atom. The number of rotatable bonds is 9. The molecular formula is C18H19NO6. The summed E-state index contributed by atoms with van der Waals surface area (Å²) in [6.07, 6.45) is -0.770. The molecule has 0 heterocycles. The average molecular weight is 345 g/mol. The number of hydrogen-bond acceptors (Lipinski definition) is 5. The van der Waals surface area contributed by atoms with Crippen LogP contribution in [0, 0.1) is 16.0 Å². The van der Waals surface area contributed by atoms with Gasteiger partial charge in [-0.25, -0.2) is 0 Å². The van der Waals surface area contributed by atoms with Gasteiger partial charge in [-0.15, -0.1) is 0 Å². The molecule has 2 rings (SSSR count). The number of carboxylic acids is 1. The zero-order valence-corrected chi connectivity index (χ0v) is 13.4. The molecule has 0 aliphatic rings. The van der Waals surface area contributed by atoms with Crippen molar-refractivity contribution in [3.63, 3.8) is 0 Å². The van der Waals surface area contributed by atoms with Crippen LogP contribution in [0.4, 0.5) is 5.69 Å². The fourth-order valence-electron chi connectivity index (χ4n) is 2.48. The predicted molar refractivity (Wildman–Crippen MR) is 90.5 cm³/mol. The van der Waals surface area contributed by atoms with Crippen LogP contribution in [0.3, 0.4) is 0 Å². The number of para-hydroxylation sites is 2. The van der Waals surface area contributed by atoms with Crippen LogP contribution in [0.25, 0.3) is 0 Å². The molecule has 0 bridgehead atoms. The minimum absolute atomic E-state index is 0.00907. The van der Waals surface area contributed by atoms with Crippen LogP contribution in [0.5, 0.6) is 5.75 Å². The summed E-state index contributed by atoms with van der Waals surface area (Å²) < 4.78 is 5.31. The van der Waals surface area contributed by atoms with E-state index < -0.39 is 22.9 Å². The Morgan fingerprint density at radius 2 is 1.76 bits per heavy atom. The number of carboxylic acid groups (broad SMARTS) is 1. The molecule has 0 spiro atoms. The summed E-state index contributed by atoms with van der Waals surface area (Å²) in [6.45, 7) is -0.219. The molecule has 0 saturated heterocycles. The van der Waals surface area contributed by atoms with Gasteiger partial charge >= 0.3 is 11.7 Å². The van der Waals surface area contributed by atoms with E-state index in [4.69, 9.17) is 4.74 Å². The van der Waals surface area contributed by atoms with E-state index in [9.17, 15) is 25.1 Å². The Hall–Kier alpha value is -2.93. The number of nitrogens with zero attached hydrogens (tertiary/aromatic N) is 1. The van der Waals surface area contributed by atoms with Gasteiger partial charge in [-0.3, -0.25) is 14.9 Å². The smallest absolute Gasteiger partial charge is 0.310 e. The maximum Gasteiger partial charge on any atom is 0.310 e. The summed E-state index contributed by atoms with van der Waals surface area (Å²) in [5.74, 6) is -1.73. The van der Waals surface area contributed by atoms with Gasteiger partial charge in [-0.2, -0.15) is 0 Å². The first-order valence-corrected chi connectivity index (χ1v) is 7.78. The maximum atomic E-state index is 11.4. The fourth-order valence-corrected chi connectivity index (χ4v) is 2.48. The highest BCUT2D eigenvalue weighted by Gasteiger charge is 2.23. The summed E-state index contributed by atoms with van der Waals surface area (Å²) >= 11 is 0. The van der Waals surface area contributed by atoms with Gasteiger partial charge in [-0.05, 0) is 24.5 Å². The van der Waals surface area contributed by atoms with Crippen LogP contribution in [0.15, 0.2) is 54.6 Å². The molecule has 0 fully saturated rings. The van der Waals surface area contributed by atoms with Gasteiger partial charge in [0, 0.05) is 6.07 Å². The lowest BCUT2D eigenvalue weighted by Crippen LogP contribution is -2.27. The Morgan fingerprint density at radius 3 is 2.40 bits per heavy atom. The summed E-state index contributed by atoms with van der Waals surface area (Å²) in [6, 6.07) is 15.0. The first kappa shape index (κ1) is 18.4. The number of carbonyl (C=O) groups is 1. The molecule has 2 unspecified atom stereocenters. The third kappa shape index (κ3) is 5.58. The monoisotopic (exact) mass is 345 g/mol. The van der Waals surface area contributed by atoms with E-state index in [-0.39, 0.29) is 24.5 Å². The molecule has 2 atom stereocenters. The maximum absolute atomic E-state index is 11.4. The van der Waals surface area contributed by atoms with Crippen molar-refractivity contribution in [2.24, 2.45) is 5.92 Å². The Labute approximate surface area is 144 Å². The topological polar surface area (TPSA) is 110 Å². The summed E-state index contributed by atoms with van der Waals surface area (Å²) in [7, 11) is 0. The van der Waals surface area contributed by atoms with E-state index in [1.54, 1.807) is 6.07 Å². The number of aliphatic hydroxyl groups is 1. The van der Waals surface area contributed by atoms with Crippen LogP contribution < -0.4 is 4.74 Å². The van der Waals surface area contributed by atoms with Crippen molar-refractivity contribution in [3.05, 3.63) is 70.3 Å². The van der Waals surface area contributed by atoms with Gasteiger partial charge in [0.05, 0.1) is 16.9 Å². The first-order chi connectivity index (χ1) is 12.0. The van der Waals surface area contributed by atoms with Crippen molar-refractivity contribution in [1.82, 2.24) is 0 Å². The molecule has 0 radical (unpaired) electrons. The molecular weight excluding hydrogens is 326 g/mol. The van der Waals surface area contributed by atoms with Gasteiger partial charge < -0.3 is 14.9 Å². The van der Waals surface area contributed by atoms with E-state index in [0.717, 1.165) is 5.56 Å². The molecule has 0 aliphatic carbocycles. The Bertz CT molecular complexity index is 719. The second-order valence-corrected chi connectivity index (χ2v) is 5.65. The average Bonchev–Trinajstić information content (AvgIpc) is 2.60. The van der Waals surface area contributed by atoms with Crippen molar-refractivity contribution in [2.75, 3.05) is 6.61 Å². The van der Waals surface area contributed by atoms with E-state index in [1.165, 1.54) is 18.2 Å². The van der Waals surface area contributed by atoms with Crippen molar-refractivity contribution in [1.29, 1.82) is 0 Å². The fraction of sp³-hybridized carbons (Fsp3) is 0.278. The van der Waals surface area contributed by atoms with Gasteiger partial charge in [-0.1, -0.05) is 42.5 Å². The van der Waals surface area contributed by atoms with Crippen molar-refractivity contribution >= 4 is 11.7 Å². The van der Waals surface area contributed by atoms with Crippen molar-refractivity contribution in [2.45, 2.75) is 18.9 Å². The molecule has 7 heteroatoms. The lowest BCUT2D eigenvalue weighted by molar-refractivity contribution is -0.385. The number of aliphatic carboxylic acids is 1. The van der Waals surface area contributed by atoms with Crippen LogP contribution in [-0.4, -0.2) is 33.8 Å². The zero-order valence-electron chi connectivity index (χ0n) is 13.4. The second kappa shape index (κ2) is 8.79. The minimum Gasteiger partial charge on any atom is -0.484 e. The molecule has 0 amide bonds. The van der Waals surface area contributed by atoms with E-state index in [0.29, 0.717) is 6.42 Å². The minimum atomic E-state index is -1.05. The summed E-state index contributed by atoms with van der Waals surface area (Å²) in [4.78, 5) is 21.8. The molecule has 2 N–H and O–H groups in total. The largest absolute Gasteiger partial charge is 0.484 e. The summed E-state index contributed by atoms with van der Waals surface area (Å²) in [5.41, 5.74) is 0.662. The van der Waals surface area contributed by atoms with E-state index in [2.05, 4.69) is 0 Å². The number of aliphatic hydroxyl groups excluding tert-OH is 1. The highest BCUT2D eigenvalue weighted by molar-refractivity contribution is 5.70. The highest BCUT2D eigenvalue weighted by atomic mass is 16.6. The van der Waals surface area contributed by atoms with E-state index >= 15 is 0 Å². The van der Waals surface area contributed by atoms with Crippen LogP contribution >= 0.6 is 0 Å². The SMILES string of the molecule is O=C(O)C(Cc1ccccc1)CC(O)COc1ccccc1[N+](=O)[O-]. The van der Waals surface area contributed by atoms with E-state index in [1.807, 2.05) is 30.3 Å². The van der Waals surface area contributed by atoms with Crippen LogP contribution in [-0.2, 0) is 11.2 Å². The molecule has 0 saturated carbocycles. The number of nitro benzene ring substituents is 1. The Balaban J connectivity index is 1.94. The predicted octanol–water partition coefficient (Wildman–Crippen LogP) is 2.67. The normalized spacial score (nSPS) is 13.0. The van der Waals surface area contributed by atoms with Gasteiger partial charge in [0.15, 0.2) is 5.75 Å². The number of nitro groups is 1. The van der Waals surface area contributed by atoms with Crippen molar-refractivity contribution in [3.8, 4) is 5.75 Å².